The second-order valence-corrected chi connectivity index (χ2v) is 3.51. The van der Waals surface area contributed by atoms with Crippen LogP contribution in [0.4, 0.5) is 0 Å². The van der Waals surface area contributed by atoms with E-state index in [4.69, 9.17) is 6.42 Å². The molecule has 0 aromatic heterocycles. The van der Waals surface area contributed by atoms with Crippen LogP contribution in [-0.2, 0) is 0 Å². The maximum atomic E-state index is 5.15. The molecule has 0 aromatic rings. The van der Waals surface area contributed by atoms with E-state index in [0.717, 1.165) is 13.1 Å². The van der Waals surface area contributed by atoms with Crippen molar-refractivity contribution in [2.75, 3.05) is 13.1 Å². The van der Waals surface area contributed by atoms with Crippen LogP contribution in [0.25, 0.3) is 0 Å². The first-order chi connectivity index (χ1) is 5.33. The van der Waals surface area contributed by atoms with Crippen LogP contribution in [0, 0.1) is 17.8 Å². The lowest BCUT2D eigenvalue weighted by Gasteiger charge is -2.41. The minimum atomic E-state index is 0.608. The van der Waals surface area contributed by atoms with Crippen molar-refractivity contribution in [3.05, 3.63) is 0 Å². The molecule has 1 nitrogen and oxygen atoms in total. The summed E-state index contributed by atoms with van der Waals surface area (Å²) in [6.45, 7) is 4.12. The number of nitrogens with one attached hydrogen (secondary N) is 1. The summed E-state index contributed by atoms with van der Waals surface area (Å²) in [7, 11) is 0. The van der Waals surface area contributed by atoms with Gasteiger partial charge in [0.15, 0.2) is 0 Å². The highest BCUT2D eigenvalue weighted by Crippen LogP contribution is 2.42. The maximum Gasteiger partial charge on any atom is 0.0574 e. The lowest BCUT2D eigenvalue weighted by molar-refractivity contribution is 0.126. The van der Waals surface area contributed by atoms with Gasteiger partial charge in [-0.15, -0.1) is 6.42 Å². The van der Waals surface area contributed by atoms with Crippen molar-refractivity contribution in [2.24, 2.45) is 5.41 Å². The molecule has 1 N–H and O–H groups in total. The largest absolute Gasteiger partial charge is 0.306 e. The van der Waals surface area contributed by atoms with Gasteiger partial charge in [-0.3, -0.25) is 0 Å². The van der Waals surface area contributed by atoms with Crippen molar-refractivity contribution in [1.82, 2.24) is 5.32 Å². The first-order valence-electron chi connectivity index (χ1n) is 4.47. The molecule has 0 aliphatic heterocycles. The summed E-state index contributed by atoms with van der Waals surface area (Å²) >= 11 is 0. The molecular weight excluding hydrogens is 134 g/mol. The first-order valence-corrected chi connectivity index (χ1v) is 4.47. The summed E-state index contributed by atoms with van der Waals surface area (Å²) in [6, 6.07) is 0. The van der Waals surface area contributed by atoms with Crippen LogP contribution in [0.3, 0.4) is 0 Å². The van der Waals surface area contributed by atoms with Crippen molar-refractivity contribution in [1.29, 1.82) is 0 Å². The Morgan fingerprint density at radius 1 is 1.55 bits per heavy atom. The van der Waals surface area contributed by atoms with Gasteiger partial charge in [-0.1, -0.05) is 19.3 Å². The van der Waals surface area contributed by atoms with Crippen LogP contribution in [0.15, 0.2) is 0 Å². The predicted octanol–water partition coefficient (Wildman–Crippen LogP) is 1.79. The Morgan fingerprint density at radius 2 is 2.27 bits per heavy atom. The molecule has 0 unspecified atom stereocenters. The SMILES string of the molecule is C#CCNCC1(CC)CCC1. The number of hydrogen-bond donors (Lipinski definition) is 1. The molecule has 62 valence electrons. The average Bonchev–Trinajstić information content (AvgIpc) is 1.95. The third kappa shape index (κ3) is 1.97. The number of terminal acetylenes is 1. The van der Waals surface area contributed by atoms with E-state index in [1.807, 2.05) is 0 Å². The van der Waals surface area contributed by atoms with Gasteiger partial charge in [-0.05, 0) is 24.7 Å². The van der Waals surface area contributed by atoms with Gasteiger partial charge in [0.2, 0.25) is 0 Å². The van der Waals surface area contributed by atoms with Gasteiger partial charge >= 0.3 is 0 Å². The summed E-state index contributed by atoms with van der Waals surface area (Å²) in [5.41, 5.74) is 0.608. The predicted molar refractivity (Wildman–Crippen MR) is 48.3 cm³/mol. The van der Waals surface area contributed by atoms with E-state index in [1.165, 1.54) is 25.7 Å². The highest BCUT2D eigenvalue weighted by atomic mass is 14.9. The molecule has 0 saturated heterocycles. The monoisotopic (exact) mass is 151 g/mol. The van der Waals surface area contributed by atoms with Crippen molar-refractivity contribution in [2.45, 2.75) is 32.6 Å². The smallest absolute Gasteiger partial charge is 0.0574 e. The lowest BCUT2D eigenvalue weighted by atomic mass is 9.67. The standard InChI is InChI=1S/C10H17N/c1-3-8-11-9-10(4-2)6-5-7-10/h1,11H,4-9H2,2H3. The minimum absolute atomic E-state index is 0.608. The Bertz CT molecular complexity index is 145. The third-order valence-corrected chi connectivity index (χ3v) is 2.89. The van der Waals surface area contributed by atoms with E-state index in [2.05, 4.69) is 18.2 Å². The molecule has 1 rings (SSSR count). The molecule has 0 heterocycles. The van der Waals surface area contributed by atoms with Gasteiger partial charge < -0.3 is 5.32 Å². The van der Waals surface area contributed by atoms with Crippen LogP contribution in [-0.4, -0.2) is 13.1 Å². The summed E-state index contributed by atoms with van der Waals surface area (Å²) in [4.78, 5) is 0. The van der Waals surface area contributed by atoms with Crippen LogP contribution < -0.4 is 5.32 Å². The highest BCUT2D eigenvalue weighted by molar-refractivity contribution is 4.92. The molecule has 1 aliphatic rings. The van der Waals surface area contributed by atoms with E-state index in [1.54, 1.807) is 0 Å². The van der Waals surface area contributed by atoms with E-state index >= 15 is 0 Å². The fraction of sp³-hybridized carbons (Fsp3) is 0.800. The maximum absolute atomic E-state index is 5.15. The number of hydrogen-bond acceptors (Lipinski definition) is 1. The van der Waals surface area contributed by atoms with Crippen LogP contribution in [0.2, 0.25) is 0 Å². The lowest BCUT2D eigenvalue weighted by Crippen LogP contribution is -2.39. The molecule has 1 aliphatic carbocycles. The van der Waals surface area contributed by atoms with Gasteiger partial charge in [0.25, 0.3) is 0 Å². The summed E-state index contributed by atoms with van der Waals surface area (Å²) in [5.74, 6) is 2.60. The Labute approximate surface area is 69.6 Å². The van der Waals surface area contributed by atoms with Crippen LogP contribution in [0.1, 0.15) is 32.6 Å². The van der Waals surface area contributed by atoms with Crippen molar-refractivity contribution >= 4 is 0 Å². The van der Waals surface area contributed by atoms with E-state index in [0.29, 0.717) is 5.41 Å². The fourth-order valence-corrected chi connectivity index (χ4v) is 1.73. The zero-order valence-corrected chi connectivity index (χ0v) is 7.32. The first kappa shape index (κ1) is 8.62. The highest BCUT2D eigenvalue weighted by Gasteiger charge is 2.34. The van der Waals surface area contributed by atoms with Crippen molar-refractivity contribution < 1.29 is 0 Å². The fourth-order valence-electron chi connectivity index (χ4n) is 1.73. The van der Waals surface area contributed by atoms with E-state index in [9.17, 15) is 0 Å². The Balaban J connectivity index is 2.17. The van der Waals surface area contributed by atoms with Gasteiger partial charge in [-0.2, -0.15) is 0 Å². The number of rotatable bonds is 4. The molecule has 0 amide bonds. The molecule has 0 atom stereocenters. The summed E-state index contributed by atoms with van der Waals surface area (Å²) < 4.78 is 0. The molecule has 1 heteroatoms. The molecule has 1 fully saturated rings. The Hall–Kier alpha value is -0.480. The molecular formula is C10H17N. The minimum Gasteiger partial charge on any atom is -0.306 e. The molecule has 1 saturated carbocycles. The van der Waals surface area contributed by atoms with Crippen molar-refractivity contribution in [3.63, 3.8) is 0 Å². The van der Waals surface area contributed by atoms with Gasteiger partial charge in [0.1, 0.15) is 0 Å². The second kappa shape index (κ2) is 3.78. The normalized spacial score (nSPS) is 20.4. The molecule has 0 radical (unpaired) electrons. The Morgan fingerprint density at radius 3 is 2.64 bits per heavy atom. The second-order valence-electron chi connectivity index (χ2n) is 3.51. The average molecular weight is 151 g/mol. The summed E-state index contributed by atoms with van der Waals surface area (Å²) in [6.07, 6.45) is 10.6. The van der Waals surface area contributed by atoms with Crippen LogP contribution in [0.5, 0.6) is 0 Å². The molecule has 0 spiro atoms. The van der Waals surface area contributed by atoms with E-state index < -0.39 is 0 Å². The third-order valence-electron chi connectivity index (χ3n) is 2.89. The van der Waals surface area contributed by atoms with Gasteiger partial charge in [0, 0.05) is 6.54 Å². The van der Waals surface area contributed by atoms with Crippen molar-refractivity contribution in [3.8, 4) is 12.3 Å². The molecule has 0 bridgehead atoms. The topological polar surface area (TPSA) is 12.0 Å². The Kier molecular flexibility index (Phi) is 2.96. The van der Waals surface area contributed by atoms with Crippen LogP contribution >= 0.6 is 0 Å². The zero-order valence-electron chi connectivity index (χ0n) is 7.32. The molecule has 11 heavy (non-hydrogen) atoms. The molecule has 0 aromatic carbocycles. The zero-order chi connectivity index (χ0) is 8.16. The van der Waals surface area contributed by atoms with Gasteiger partial charge in [-0.25, -0.2) is 0 Å². The van der Waals surface area contributed by atoms with E-state index in [-0.39, 0.29) is 0 Å². The quantitative estimate of drug-likeness (QED) is 0.477. The summed E-state index contributed by atoms with van der Waals surface area (Å²) in [5, 5.41) is 3.29. The van der Waals surface area contributed by atoms with Gasteiger partial charge in [0.05, 0.1) is 6.54 Å².